The Labute approximate surface area is 212 Å². The number of fused-ring (bicyclic) bond motifs is 1. The van der Waals surface area contributed by atoms with E-state index in [4.69, 9.17) is 5.73 Å². The monoisotopic (exact) mass is 483 g/mol. The number of rotatable bonds is 6. The van der Waals surface area contributed by atoms with Crippen LogP contribution in [-0.4, -0.2) is 63.8 Å². The van der Waals surface area contributed by atoms with Crippen LogP contribution in [0.25, 0.3) is 11.1 Å². The van der Waals surface area contributed by atoms with E-state index in [9.17, 15) is 9.59 Å². The van der Waals surface area contributed by atoms with Gasteiger partial charge >= 0.3 is 0 Å². The van der Waals surface area contributed by atoms with Crippen LogP contribution in [0.3, 0.4) is 0 Å². The van der Waals surface area contributed by atoms with E-state index < -0.39 is 5.91 Å². The molecule has 2 aliphatic heterocycles. The van der Waals surface area contributed by atoms with Gasteiger partial charge in [-0.15, -0.1) is 0 Å². The molecule has 2 saturated heterocycles. The summed E-state index contributed by atoms with van der Waals surface area (Å²) >= 11 is 0. The topological polar surface area (TPSA) is 92.4 Å². The van der Waals surface area contributed by atoms with Crippen LogP contribution in [0.5, 0.6) is 0 Å². The molecule has 2 amide bonds. The summed E-state index contributed by atoms with van der Waals surface area (Å²) in [5, 5.41) is 0. The second kappa shape index (κ2) is 10.2. The number of aromatic nitrogens is 2. The van der Waals surface area contributed by atoms with Crippen LogP contribution in [0.4, 0.5) is 0 Å². The number of amides is 2. The van der Waals surface area contributed by atoms with Gasteiger partial charge in [-0.05, 0) is 73.2 Å². The van der Waals surface area contributed by atoms with E-state index in [0.29, 0.717) is 23.7 Å². The van der Waals surface area contributed by atoms with E-state index in [1.165, 1.54) is 12.0 Å². The fourth-order valence-electron chi connectivity index (χ4n) is 5.57. The zero-order valence-electron chi connectivity index (χ0n) is 21.0. The molecule has 36 heavy (non-hydrogen) atoms. The maximum atomic E-state index is 13.5. The summed E-state index contributed by atoms with van der Waals surface area (Å²) in [6.45, 7) is 7.52. The standard InChI is InChI=1S/C29H33N5O2/c1-3-27(25-16-31-19(2)32-17-25)21-8-6-20(7-9-21)22-13-23(28(30)35)15-24(14-22)29(36)34-12-11-33-10-4-5-26(33)18-34/h6-9,13-17,26-27H,3-5,10-12,18H2,1-2H3,(H2,30,35). The van der Waals surface area contributed by atoms with Crippen molar-refractivity contribution >= 4 is 11.8 Å². The van der Waals surface area contributed by atoms with Crippen molar-refractivity contribution in [2.24, 2.45) is 5.73 Å². The second-order valence-electron chi connectivity index (χ2n) is 9.89. The molecule has 2 atom stereocenters. The Kier molecular flexibility index (Phi) is 6.83. The summed E-state index contributed by atoms with van der Waals surface area (Å²) in [7, 11) is 0. The Balaban J connectivity index is 1.42. The van der Waals surface area contributed by atoms with Crippen LogP contribution in [0.15, 0.2) is 54.9 Å². The molecular formula is C29H33N5O2. The van der Waals surface area contributed by atoms with E-state index in [0.717, 1.165) is 55.0 Å². The maximum absolute atomic E-state index is 13.5. The summed E-state index contributed by atoms with van der Waals surface area (Å²) in [6.07, 6.45) is 7.04. The van der Waals surface area contributed by atoms with Gasteiger partial charge in [-0.25, -0.2) is 9.97 Å². The third kappa shape index (κ3) is 4.88. The number of hydrogen-bond acceptors (Lipinski definition) is 5. The summed E-state index contributed by atoms with van der Waals surface area (Å²) in [5.74, 6) is 0.387. The summed E-state index contributed by atoms with van der Waals surface area (Å²) in [5.41, 5.74) is 10.5. The van der Waals surface area contributed by atoms with Gasteiger partial charge in [0, 0.05) is 55.1 Å². The van der Waals surface area contributed by atoms with E-state index in [-0.39, 0.29) is 11.8 Å². The Morgan fingerprint density at radius 1 is 0.972 bits per heavy atom. The van der Waals surface area contributed by atoms with Crippen LogP contribution >= 0.6 is 0 Å². The third-order valence-corrected chi connectivity index (χ3v) is 7.60. The van der Waals surface area contributed by atoms with Crippen LogP contribution in [0, 0.1) is 6.92 Å². The first kappa shape index (κ1) is 24.1. The molecule has 7 nitrogen and oxygen atoms in total. The summed E-state index contributed by atoms with van der Waals surface area (Å²) in [4.78, 5) is 38.7. The van der Waals surface area contributed by atoms with Gasteiger partial charge in [-0.3, -0.25) is 14.5 Å². The lowest BCUT2D eigenvalue weighted by molar-refractivity contribution is 0.0571. The van der Waals surface area contributed by atoms with Crippen molar-refractivity contribution in [2.75, 3.05) is 26.2 Å². The van der Waals surface area contributed by atoms with Gasteiger partial charge in [0.2, 0.25) is 5.91 Å². The summed E-state index contributed by atoms with van der Waals surface area (Å²) < 4.78 is 0. The second-order valence-corrected chi connectivity index (χ2v) is 9.89. The first-order chi connectivity index (χ1) is 17.4. The molecule has 3 heterocycles. The third-order valence-electron chi connectivity index (χ3n) is 7.60. The number of benzene rings is 2. The lowest BCUT2D eigenvalue weighted by Crippen LogP contribution is -2.52. The van der Waals surface area contributed by atoms with E-state index >= 15 is 0 Å². The molecule has 2 unspecified atom stereocenters. The minimum Gasteiger partial charge on any atom is -0.366 e. The van der Waals surface area contributed by atoms with E-state index in [1.807, 2.05) is 42.4 Å². The van der Waals surface area contributed by atoms with E-state index in [1.54, 1.807) is 12.1 Å². The zero-order chi connectivity index (χ0) is 25.2. The molecule has 2 aromatic carbocycles. The van der Waals surface area contributed by atoms with Gasteiger partial charge in [0.05, 0.1) is 0 Å². The number of hydrogen-bond donors (Lipinski definition) is 1. The first-order valence-corrected chi connectivity index (χ1v) is 12.8. The fourth-order valence-corrected chi connectivity index (χ4v) is 5.57. The first-order valence-electron chi connectivity index (χ1n) is 12.8. The number of carbonyl (C=O) groups is 2. The Morgan fingerprint density at radius 2 is 1.69 bits per heavy atom. The van der Waals surface area contributed by atoms with Crippen molar-refractivity contribution in [1.29, 1.82) is 0 Å². The van der Waals surface area contributed by atoms with Gasteiger partial charge in [-0.2, -0.15) is 0 Å². The van der Waals surface area contributed by atoms with Crippen molar-refractivity contribution in [2.45, 2.75) is 45.1 Å². The fraction of sp³-hybridized carbons (Fsp3) is 0.379. The molecule has 7 heteroatoms. The van der Waals surface area contributed by atoms with Gasteiger partial charge < -0.3 is 10.6 Å². The zero-order valence-corrected chi connectivity index (χ0v) is 21.0. The minimum atomic E-state index is -0.534. The highest BCUT2D eigenvalue weighted by atomic mass is 16.2. The highest BCUT2D eigenvalue weighted by Gasteiger charge is 2.33. The molecule has 0 bridgehead atoms. The molecule has 2 fully saturated rings. The SMILES string of the molecule is CCC(c1ccc(-c2cc(C(N)=O)cc(C(=O)N3CCN4CCCC4C3)c2)cc1)c1cnc(C)nc1. The highest BCUT2D eigenvalue weighted by molar-refractivity contribution is 6.01. The normalized spacial score (nSPS) is 18.6. The minimum absolute atomic E-state index is 0.0343. The Bertz CT molecular complexity index is 1260. The molecule has 0 aliphatic carbocycles. The quantitative estimate of drug-likeness (QED) is 0.572. The van der Waals surface area contributed by atoms with E-state index in [2.05, 4.69) is 33.9 Å². The molecule has 2 aliphatic rings. The van der Waals surface area contributed by atoms with Gasteiger partial charge in [0.25, 0.3) is 5.91 Å². The molecule has 2 N–H and O–H groups in total. The number of carbonyl (C=O) groups excluding carboxylic acids is 2. The smallest absolute Gasteiger partial charge is 0.253 e. The largest absolute Gasteiger partial charge is 0.366 e. The predicted octanol–water partition coefficient (Wildman–Crippen LogP) is 4.01. The number of primary amides is 1. The van der Waals surface area contributed by atoms with Crippen molar-refractivity contribution in [1.82, 2.24) is 19.8 Å². The maximum Gasteiger partial charge on any atom is 0.253 e. The van der Waals surface area contributed by atoms with Gasteiger partial charge in [-0.1, -0.05) is 31.2 Å². The predicted molar refractivity (Wildman–Crippen MR) is 140 cm³/mol. The van der Waals surface area contributed by atoms with Crippen LogP contribution in [0.1, 0.15) is 69.8 Å². The van der Waals surface area contributed by atoms with Gasteiger partial charge in [0.1, 0.15) is 5.82 Å². The number of nitrogens with zero attached hydrogens (tertiary/aromatic N) is 4. The van der Waals surface area contributed by atoms with Crippen molar-refractivity contribution in [3.8, 4) is 11.1 Å². The average molecular weight is 484 g/mol. The summed E-state index contributed by atoms with van der Waals surface area (Å²) in [6, 6.07) is 14.0. The van der Waals surface area contributed by atoms with Crippen molar-refractivity contribution in [3.63, 3.8) is 0 Å². The Morgan fingerprint density at radius 3 is 2.39 bits per heavy atom. The number of piperazine rings is 1. The number of aryl methyl sites for hydroxylation is 1. The van der Waals surface area contributed by atoms with Crippen LogP contribution in [-0.2, 0) is 0 Å². The molecular weight excluding hydrogens is 450 g/mol. The molecule has 0 spiro atoms. The van der Waals surface area contributed by atoms with Crippen LogP contribution in [0.2, 0.25) is 0 Å². The molecule has 3 aromatic rings. The van der Waals surface area contributed by atoms with Crippen molar-refractivity contribution in [3.05, 3.63) is 82.9 Å². The lowest BCUT2D eigenvalue weighted by Gasteiger charge is -2.37. The average Bonchev–Trinajstić information content (AvgIpc) is 3.38. The lowest BCUT2D eigenvalue weighted by atomic mass is 9.89. The molecule has 0 radical (unpaired) electrons. The molecule has 186 valence electrons. The van der Waals surface area contributed by atoms with Crippen molar-refractivity contribution < 1.29 is 9.59 Å². The Hall–Kier alpha value is -3.58. The molecule has 1 aromatic heterocycles. The molecule has 0 saturated carbocycles. The highest BCUT2D eigenvalue weighted by Crippen LogP contribution is 2.31. The van der Waals surface area contributed by atoms with Crippen LogP contribution < -0.4 is 5.73 Å². The number of nitrogens with two attached hydrogens (primary N) is 1. The molecule has 5 rings (SSSR count). The van der Waals surface area contributed by atoms with Gasteiger partial charge in [0.15, 0.2) is 0 Å².